The van der Waals surface area contributed by atoms with E-state index in [2.05, 4.69) is 22.0 Å². The zero-order valence-corrected chi connectivity index (χ0v) is 18.3. The first-order valence-electron chi connectivity index (χ1n) is 10.6. The predicted octanol–water partition coefficient (Wildman–Crippen LogP) is 5.66. The Balaban J connectivity index is 1.71. The van der Waals surface area contributed by atoms with Crippen LogP contribution in [-0.4, -0.2) is 11.0 Å². The Kier molecular flexibility index (Phi) is 7.45. The van der Waals surface area contributed by atoms with E-state index in [9.17, 15) is 4.39 Å². The number of nitrogens with zero attached hydrogens (tertiary/aromatic N) is 1. The van der Waals surface area contributed by atoms with Gasteiger partial charge in [0.1, 0.15) is 11.4 Å². The molecule has 0 bridgehead atoms. The Morgan fingerprint density at radius 3 is 2.72 bits per heavy atom. The average Bonchev–Trinajstić information content (AvgIpc) is 3.08. The van der Waals surface area contributed by atoms with E-state index in [1.807, 2.05) is 60.7 Å². The van der Waals surface area contributed by atoms with Crippen LogP contribution in [0.5, 0.6) is 0 Å². The van der Waals surface area contributed by atoms with Gasteiger partial charge < -0.3 is 0 Å². The van der Waals surface area contributed by atoms with E-state index < -0.39 is 5.54 Å². The summed E-state index contributed by atoms with van der Waals surface area (Å²) in [5.74, 6) is -0.332. The average molecular weight is 450 g/mol. The number of halogens is 2. The minimum Gasteiger partial charge on any atom is -0.257 e. The number of aromatic nitrogens is 1. The van der Waals surface area contributed by atoms with Crippen molar-refractivity contribution in [1.82, 2.24) is 15.9 Å². The Morgan fingerprint density at radius 2 is 1.94 bits per heavy atom. The highest BCUT2D eigenvalue weighted by Gasteiger charge is 2.37. The van der Waals surface area contributed by atoms with Gasteiger partial charge in [0.05, 0.1) is 16.8 Å². The van der Waals surface area contributed by atoms with Crippen molar-refractivity contribution in [2.24, 2.45) is 0 Å². The first-order chi connectivity index (χ1) is 15.7. The fraction of sp³-hybridized carbons (Fsp3) is 0.192. The molecule has 1 aliphatic carbocycles. The van der Waals surface area contributed by atoms with E-state index in [4.69, 9.17) is 16.5 Å². The summed E-state index contributed by atoms with van der Waals surface area (Å²) >= 11 is 6.11. The third-order valence-electron chi connectivity index (χ3n) is 5.46. The molecular weight excluding hydrogens is 425 g/mol. The van der Waals surface area contributed by atoms with Crippen LogP contribution < -0.4 is 11.0 Å². The maximum Gasteiger partial charge on any atom is 0.123 e. The van der Waals surface area contributed by atoms with Crippen molar-refractivity contribution in [3.05, 3.63) is 125 Å². The maximum atomic E-state index is 14.3. The van der Waals surface area contributed by atoms with Gasteiger partial charge in [0.25, 0.3) is 0 Å². The summed E-state index contributed by atoms with van der Waals surface area (Å²) in [4.78, 5) is 10.5. The van der Waals surface area contributed by atoms with E-state index in [0.29, 0.717) is 22.7 Å². The summed E-state index contributed by atoms with van der Waals surface area (Å²) in [6, 6.07) is 20.1. The van der Waals surface area contributed by atoms with Gasteiger partial charge >= 0.3 is 0 Å². The number of rotatable bonds is 8. The van der Waals surface area contributed by atoms with E-state index >= 15 is 0 Å². The van der Waals surface area contributed by atoms with Crippen molar-refractivity contribution in [3.8, 4) is 0 Å². The second-order valence-corrected chi connectivity index (χ2v) is 8.20. The molecule has 0 amide bonds. The van der Waals surface area contributed by atoms with Gasteiger partial charge in [-0.3, -0.25) is 4.98 Å². The molecule has 4 nitrogen and oxygen atoms in total. The van der Waals surface area contributed by atoms with Crippen LogP contribution >= 0.6 is 11.6 Å². The normalized spacial score (nSPS) is 17.6. The lowest BCUT2D eigenvalue weighted by Crippen LogP contribution is -2.49. The van der Waals surface area contributed by atoms with Gasteiger partial charge in [-0.15, -0.1) is 0 Å². The molecule has 6 heteroatoms. The molecule has 0 fully saturated rings. The second kappa shape index (κ2) is 10.7. The Labute approximate surface area is 192 Å². The molecule has 0 aliphatic heterocycles. The summed E-state index contributed by atoms with van der Waals surface area (Å²) in [6.45, 7) is 0. The molecular formula is C26H25ClFN3O. The van der Waals surface area contributed by atoms with Crippen molar-refractivity contribution in [2.75, 3.05) is 0 Å². The third kappa shape index (κ3) is 5.50. The molecule has 0 saturated heterocycles. The lowest BCUT2D eigenvalue weighted by atomic mass is 9.81. The molecule has 1 aliphatic rings. The highest BCUT2D eigenvalue weighted by Crippen LogP contribution is 2.33. The molecule has 0 spiro atoms. The quantitative estimate of drug-likeness (QED) is 0.435. The number of nitrogens with one attached hydrogen (secondary N) is 2. The van der Waals surface area contributed by atoms with Crippen molar-refractivity contribution >= 4 is 11.6 Å². The molecule has 2 aromatic carbocycles. The first-order valence-corrected chi connectivity index (χ1v) is 11.0. The molecule has 0 saturated carbocycles. The van der Waals surface area contributed by atoms with Crippen LogP contribution in [0.15, 0.2) is 97.2 Å². The lowest BCUT2D eigenvalue weighted by molar-refractivity contribution is -0.0890. The van der Waals surface area contributed by atoms with Crippen LogP contribution in [0.3, 0.4) is 0 Å². The summed E-state index contributed by atoms with van der Waals surface area (Å²) in [5.41, 5.74) is 7.71. The standard InChI is InChI=1S/C26H25ClFN3O/c27-22-15-16-25(29-19-22)26(18-20-9-4-3-5-10-20,21-11-8-12-23(28)17-21)31-32-30-24-13-6-1-2-7-14-24/h1-6,8-13,15-17,19,24,30-31H,7,14,18H2. The van der Waals surface area contributed by atoms with Crippen molar-refractivity contribution in [2.45, 2.75) is 30.8 Å². The van der Waals surface area contributed by atoms with Crippen molar-refractivity contribution in [3.63, 3.8) is 0 Å². The van der Waals surface area contributed by atoms with Crippen LogP contribution in [0.2, 0.25) is 5.02 Å². The molecule has 0 radical (unpaired) electrons. The molecule has 4 rings (SSSR count). The number of hydroxylamine groups is 2. The lowest BCUT2D eigenvalue weighted by Gasteiger charge is -2.35. The van der Waals surface area contributed by atoms with Crippen LogP contribution in [0.25, 0.3) is 0 Å². The van der Waals surface area contributed by atoms with Crippen molar-refractivity contribution in [1.29, 1.82) is 0 Å². The number of hydrogen-bond donors (Lipinski definition) is 2. The number of benzene rings is 2. The van der Waals surface area contributed by atoms with Crippen LogP contribution in [-0.2, 0) is 16.9 Å². The minimum absolute atomic E-state index is 0.0395. The molecule has 1 aromatic heterocycles. The number of pyridine rings is 1. The SMILES string of the molecule is Fc1cccc(C(Cc2ccccc2)(NONC2C=CC=CCC2)c2ccc(Cl)cn2)c1. The molecule has 32 heavy (non-hydrogen) atoms. The van der Waals surface area contributed by atoms with E-state index in [1.165, 1.54) is 12.1 Å². The second-order valence-electron chi connectivity index (χ2n) is 7.76. The zero-order chi connectivity index (χ0) is 22.2. The highest BCUT2D eigenvalue weighted by atomic mass is 35.5. The van der Waals surface area contributed by atoms with Gasteiger partial charge in [0, 0.05) is 12.6 Å². The summed E-state index contributed by atoms with van der Waals surface area (Å²) < 4.78 is 14.3. The number of hydrogen-bond acceptors (Lipinski definition) is 4. The molecule has 164 valence electrons. The fourth-order valence-corrected chi connectivity index (χ4v) is 3.92. The molecule has 3 aromatic rings. The Morgan fingerprint density at radius 1 is 1.06 bits per heavy atom. The van der Waals surface area contributed by atoms with Gasteiger partial charge in [-0.05, 0) is 48.2 Å². The van der Waals surface area contributed by atoms with E-state index in [0.717, 1.165) is 18.4 Å². The summed E-state index contributed by atoms with van der Waals surface area (Å²) in [7, 11) is 0. The van der Waals surface area contributed by atoms with Gasteiger partial charge in [-0.2, -0.15) is 11.0 Å². The van der Waals surface area contributed by atoms with E-state index in [1.54, 1.807) is 18.3 Å². The van der Waals surface area contributed by atoms with Gasteiger partial charge in [0.2, 0.25) is 0 Å². The Hall–Kier alpha value is -2.83. The van der Waals surface area contributed by atoms with Crippen LogP contribution in [0, 0.1) is 5.82 Å². The maximum absolute atomic E-state index is 14.3. The highest BCUT2D eigenvalue weighted by molar-refractivity contribution is 6.30. The molecule has 2 unspecified atom stereocenters. The number of allylic oxidation sites excluding steroid dienone is 3. The summed E-state index contributed by atoms with van der Waals surface area (Å²) in [6.07, 6.45) is 12.1. The first kappa shape index (κ1) is 22.4. The predicted molar refractivity (Wildman–Crippen MR) is 125 cm³/mol. The Bertz CT molecular complexity index is 1070. The third-order valence-corrected chi connectivity index (χ3v) is 5.69. The van der Waals surface area contributed by atoms with Gasteiger partial charge in [0.15, 0.2) is 0 Å². The smallest absolute Gasteiger partial charge is 0.123 e. The molecule has 2 atom stereocenters. The fourth-order valence-electron chi connectivity index (χ4n) is 3.81. The minimum atomic E-state index is -0.965. The summed E-state index contributed by atoms with van der Waals surface area (Å²) in [5, 5.41) is 0.525. The molecule has 1 heterocycles. The molecule has 2 N–H and O–H groups in total. The largest absolute Gasteiger partial charge is 0.257 e. The monoisotopic (exact) mass is 449 g/mol. The van der Waals surface area contributed by atoms with Crippen molar-refractivity contribution < 1.29 is 9.33 Å². The zero-order valence-electron chi connectivity index (χ0n) is 17.5. The van der Waals surface area contributed by atoms with Gasteiger partial charge in [-0.25, -0.2) is 9.33 Å². The topological polar surface area (TPSA) is 46.2 Å². The van der Waals surface area contributed by atoms with Crippen LogP contribution in [0.1, 0.15) is 29.7 Å². The van der Waals surface area contributed by atoms with Crippen LogP contribution in [0.4, 0.5) is 4.39 Å². The van der Waals surface area contributed by atoms with E-state index in [-0.39, 0.29) is 11.9 Å². The van der Waals surface area contributed by atoms with Gasteiger partial charge in [-0.1, -0.05) is 78.4 Å².